The minimum Gasteiger partial charge on any atom is -0.384 e. The van der Waals surface area contributed by atoms with Gasteiger partial charge in [0.25, 0.3) is 0 Å². The van der Waals surface area contributed by atoms with Gasteiger partial charge < -0.3 is 5.11 Å². The molecule has 0 fully saturated rings. The Morgan fingerprint density at radius 2 is 1.59 bits per heavy atom. The zero-order valence-corrected chi connectivity index (χ0v) is 13.4. The molecule has 0 aliphatic rings. The van der Waals surface area contributed by atoms with Crippen LogP contribution in [0.2, 0.25) is 0 Å². The fraction of sp³-hybridized carbons (Fsp3) is 0.333. The van der Waals surface area contributed by atoms with Crippen LogP contribution in [0.5, 0.6) is 0 Å². The molecular formula is C21H24O. The van der Waals surface area contributed by atoms with Gasteiger partial charge in [0.15, 0.2) is 0 Å². The van der Waals surface area contributed by atoms with Crippen molar-refractivity contribution in [3.63, 3.8) is 0 Å². The molecule has 0 amide bonds. The lowest BCUT2D eigenvalue weighted by molar-refractivity contribution is 0.0239. The minimum absolute atomic E-state index is 0.0911. The maximum absolute atomic E-state index is 10.7. The summed E-state index contributed by atoms with van der Waals surface area (Å²) in [5, 5.41) is 10.7. The Kier molecular flexibility index (Phi) is 5.81. The molecule has 0 saturated heterocycles. The van der Waals surface area contributed by atoms with E-state index in [-0.39, 0.29) is 5.92 Å². The number of benzene rings is 2. The monoisotopic (exact) mass is 292 g/mol. The first kappa shape index (κ1) is 16.3. The molecule has 0 unspecified atom stereocenters. The quantitative estimate of drug-likeness (QED) is 0.633. The van der Waals surface area contributed by atoms with Gasteiger partial charge in [-0.05, 0) is 37.8 Å². The average Bonchev–Trinajstić information content (AvgIpc) is 2.56. The minimum atomic E-state index is -0.909. The maximum Gasteiger partial charge on any atom is 0.100 e. The fourth-order valence-corrected chi connectivity index (χ4v) is 2.42. The van der Waals surface area contributed by atoms with E-state index in [9.17, 15) is 5.11 Å². The second-order valence-electron chi connectivity index (χ2n) is 5.90. The topological polar surface area (TPSA) is 20.2 Å². The molecule has 1 nitrogen and oxygen atoms in total. The number of aryl methyl sites for hydroxylation is 1. The molecule has 2 aromatic carbocycles. The molecule has 0 saturated carbocycles. The molecule has 0 bridgehead atoms. The van der Waals surface area contributed by atoms with Crippen molar-refractivity contribution in [1.82, 2.24) is 0 Å². The van der Waals surface area contributed by atoms with E-state index in [1.807, 2.05) is 50.2 Å². The largest absolute Gasteiger partial charge is 0.384 e. The third-order valence-corrected chi connectivity index (χ3v) is 4.13. The van der Waals surface area contributed by atoms with Crippen molar-refractivity contribution in [2.24, 2.45) is 5.92 Å². The molecular weight excluding hydrogens is 268 g/mol. The summed E-state index contributed by atoms with van der Waals surface area (Å²) in [6.07, 6.45) is 2.97. The summed E-state index contributed by atoms with van der Waals surface area (Å²) in [4.78, 5) is 0. The van der Waals surface area contributed by atoms with Gasteiger partial charge in [-0.3, -0.25) is 0 Å². The highest BCUT2D eigenvalue weighted by atomic mass is 16.3. The van der Waals surface area contributed by atoms with E-state index in [0.29, 0.717) is 0 Å². The van der Waals surface area contributed by atoms with Crippen LogP contribution in [0, 0.1) is 17.8 Å². The predicted molar refractivity (Wildman–Crippen MR) is 92.3 cm³/mol. The molecule has 114 valence electrons. The van der Waals surface area contributed by atoms with Crippen LogP contribution in [0.3, 0.4) is 0 Å². The van der Waals surface area contributed by atoms with Crippen molar-refractivity contribution in [3.8, 4) is 11.8 Å². The Morgan fingerprint density at radius 1 is 1.00 bits per heavy atom. The van der Waals surface area contributed by atoms with Gasteiger partial charge >= 0.3 is 0 Å². The van der Waals surface area contributed by atoms with E-state index in [1.165, 1.54) is 5.56 Å². The SMILES string of the molecule is C[C@@H](C#CCCCc1ccccc1)[C@@](C)(O)c1ccccc1. The number of aliphatic hydroxyl groups is 1. The molecule has 0 radical (unpaired) electrons. The first-order valence-electron chi connectivity index (χ1n) is 7.91. The van der Waals surface area contributed by atoms with E-state index >= 15 is 0 Å². The van der Waals surface area contributed by atoms with Crippen LogP contribution < -0.4 is 0 Å². The van der Waals surface area contributed by atoms with Crippen molar-refractivity contribution >= 4 is 0 Å². The summed E-state index contributed by atoms with van der Waals surface area (Å²) in [6.45, 7) is 3.82. The molecule has 2 atom stereocenters. The van der Waals surface area contributed by atoms with Crippen LogP contribution in [-0.2, 0) is 12.0 Å². The first-order chi connectivity index (χ1) is 10.6. The Labute approximate surface area is 134 Å². The van der Waals surface area contributed by atoms with Gasteiger partial charge in [0, 0.05) is 6.42 Å². The third-order valence-electron chi connectivity index (χ3n) is 4.13. The first-order valence-corrected chi connectivity index (χ1v) is 7.91. The van der Waals surface area contributed by atoms with E-state index in [0.717, 1.165) is 24.8 Å². The van der Waals surface area contributed by atoms with Crippen LogP contribution >= 0.6 is 0 Å². The highest BCUT2D eigenvalue weighted by molar-refractivity contribution is 5.25. The fourth-order valence-electron chi connectivity index (χ4n) is 2.42. The normalized spacial score (nSPS) is 14.5. The number of hydrogen-bond donors (Lipinski definition) is 1. The van der Waals surface area contributed by atoms with Crippen molar-refractivity contribution < 1.29 is 5.11 Å². The highest BCUT2D eigenvalue weighted by Crippen LogP contribution is 2.28. The average molecular weight is 292 g/mol. The standard InChI is InChI=1S/C21H24O/c1-18(21(2,22)20-16-10-5-11-17-20)12-6-3-7-13-19-14-8-4-9-15-19/h4-5,8-11,14-18,22H,3,7,13H2,1-2H3/t18-,21+/m0/s1. The zero-order chi connectivity index (χ0) is 15.8. The third kappa shape index (κ3) is 4.48. The maximum atomic E-state index is 10.7. The zero-order valence-electron chi connectivity index (χ0n) is 13.4. The summed E-state index contributed by atoms with van der Waals surface area (Å²) in [5.41, 5.74) is 1.36. The Hall–Kier alpha value is -2.04. The van der Waals surface area contributed by atoms with E-state index < -0.39 is 5.60 Å². The van der Waals surface area contributed by atoms with E-state index in [2.05, 4.69) is 36.1 Å². The summed E-state index contributed by atoms with van der Waals surface area (Å²) < 4.78 is 0. The van der Waals surface area contributed by atoms with Gasteiger partial charge in [0.05, 0.1) is 5.92 Å². The van der Waals surface area contributed by atoms with E-state index in [4.69, 9.17) is 0 Å². The summed E-state index contributed by atoms with van der Waals surface area (Å²) in [7, 11) is 0. The van der Waals surface area contributed by atoms with Crippen molar-refractivity contribution in [1.29, 1.82) is 0 Å². The van der Waals surface area contributed by atoms with Gasteiger partial charge in [-0.1, -0.05) is 66.6 Å². The Morgan fingerprint density at radius 3 is 2.23 bits per heavy atom. The second kappa shape index (κ2) is 7.82. The smallest absolute Gasteiger partial charge is 0.100 e. The van der Waals surface area contributed by atoms with Crippen molar-refractivity contribution in [2.45, 2.75) is 38.7 Å². The van der Waals surface area contributed by atoms with Crippen LogP contribution in [-0.4, -0.2) is 5.11 Å². The van der Waals surface area contributed by atoms with Crippen LogP contribution in [0.25, 0.3) is 0 Å². The van der Waals surface area contributed by atoms with Gasteiger partial charge in [-0.25, -0.2) is 0 Å². The highest BCUT2D eigenvalue weighted by Gasteiger charge is 2.28. The molecule has 2 aromatic rings. The van der Waals surface area contributed by atoms with Crippen molar-refractivity contribution in [3.05, 3.63) is 71.8 Å². The summed E-state index contributed by atoms with van der Waals surface area (Å²) in [5.74, 6) is 6.34. The van der Waals surface area contributed by atoms with Crippen LogP contribution in [0.4, 0.5) is 0 Å². The Balaban J connectivity index is 1.86. The van der Waals surface area contributed by atoms with Gasteiger partial charge in [-0.2, -0.15) is 0 Å². The van der Waals surface area contributed by atoms with Gasteiger partial charge in [-0.15, -0.1) is 5.92 Å². The molecule has 0 aliphatic heterocycles. The predicted octanol–water partition coefficient (Wildman–Crippen LogP) is 4.56. The summed E-state index contributed by atoms with van der Waals surface area (Å²) in [6, 6.07) is 20.2. The van der Waals surface area contributed by atoms with Crippen LogP contribution in [0.15, 0.2) is 60.7 Å². The number of hydrogen-bond acceptors (Lipinski definition) is 1. The molecule has 0 aliphatic carbocycles. The van der Waals surface area contributed by atoms with Gasteiger partial charge in [0.1, 0.15) is 5.60 Å². The molecule has 0 aromatic heterocycles. The van der Waals surface area contributed by atoms with Crippen LogP contribution in [0.1, 0.15) is 37.8 Å². The second-order valence-corrected chi connectivity index (χ2v) is 5.90. The molecule has 0 heterocycles. The molecule has 2 rings (SSSR count). The lowest BCUT2D eigenvalue weighted by Gasteiger charge is -2.27. The lowest BCUT2D eigenvalue weighted by atomic mass is 9.84. The number of rotatable bonds is 5. The van der Waals surface area contributed by atoms with Crippen molar-refractivity contribution in [2.75, 3.05) is 0 Å². The lowest BCUT2D eigenvalue weighted by Crippen LogP contribution is -2.28. The molecule has 1 N–H and O–H groups in total. The van der Waals surface area contributed by atoms with E-state index in [1.54, 1.807) is 0 Å². The molecule has 0 spiro atoms. The molecule has 1 heteroatoms. The Bertz CT molecular complexity index is 617. The molecule has 22 heavy (non-hydrogen) atoms. The van der Waals surface area contributed by atoms with Gasteiger partial charge in [0.2, 0.25) is 0 Å². The summed E-state index contributed by atoms with van der Waals surface area (Å²) >= 11 is 0. The number of unbranched alkanes of at least 4 members (excludes halogenated alkanes) is 1.